The SMILES string of the molecule is CC(C)(C)OCC(=O)Nc1nc(-c2ccc(N)cc2)cs1. The Balaban J connectivity index is 1.97. The number of ether oxygens (including phenoxy) is 1. The number of anilines is 2. The highest BCUT2D eigenvalue weighted by molar-refractivity contribution is 7.14. The number of aromatic nitrogens is 1. The lowest BCUT2D eigenvalue weighted by Crippen LogP contribution is -2.27. The first-order valence-electron chi connectivity index (χ1n) is 6.59. The minimum Gasteiger partial charge on any atom is -0.399 e. The van der Waals surface area contributed by atoms with E-state index >= 15 is 0 Å². The number of carbonyl (C=O) groups excluding carboxylic acids is 1. The van der Waals surface area contributed by atoms with Gasteiger partial charge in [0.05, 0.1) is 11.3 Å². The Morgan fingerprint density at radius 3 is 2.62 bits per heavy atom. The van der Waals surface area contributed by atoms with E-state index in [4.69, 9.17) is 10.5 Å². The van der Waals surface area contributed by atoms with Gasteiger partial charge in [0.15, 0.2) is 5.13 Å². The fraction of sp³-hybridized carbons (Fsp3) is 0.333. The average molecular weight is 305 g/mol. The van der Waals surface area contributed by atoms with E-state index in [1.807, 2.05) is 50.4 Å². The van der Waals surface area contributed by atoms with Crippen molar-refractivity contribution in [3.63, 3.8) is 0 Å². The molecule has 112 valence electrons. The second-order valence-corrected chi connectivity index (χ2v) is 6.47. The van der Waals surface area contributed by atoms with Crippen LogP contribution in [0, 0.1) is 0 Å². The first-order valence-corrected chi connectivity index (χ1v) is 7.47. The number of nitrogens with two attached hydrogens (primary N) is 1. The number of nitrogens with zero attached hydrogens (tertiary/aromatic N) is 1. The average Bonchev–Trinajstić information content (AvgIpc) is 2.85. The lowest BCUT2D eigenvalue weighted by atomic mass is 10.1. The van der Waals surface area contributed by atoms with Crippen molar-refractivity contribution in [2.75, 3.05) is 17.7 Å². The van der Waals surface area contributed by atoms with Crippen LogP contribution < -0.4 is 11.1 Å². The Hall–Kier alpha value is -1.92. The van der Waals surface area contributed by atoms with E-state index in [0.29, 0.717) is 10.8 Å². The highest BCUT2D eigenvalue weighted by atomic mass is 32.1. The van der Waals surface area contributed by atoms with Crippen molar-refractivity contribution in [2.45, 2.75) is 26.4 Å². The second kappa shape index (κ2) is 6.24. The van der Waals surface area contributed by atoms with Gasteiger partial charge in [-0.2, -0.15) is 0 Å². The number of hydrogen-bond acceptors (Lipinski definition) is 5. The molecule has 0 bridgehead atoms. The Bertz CT molecular complexity index is 615. The van der Waals surface area contributed by atoms with Crippen LogP contribution in [0.2, 0.25) is 0 Å². The van der Waals surface area contributed by atoms with Crippen molar-refractivity contribution in [2.24, 2.45) is 0 Å². The van der Waals surface area contributed by atoms with Gasteiger partial charge in [-0.25, -0.2) is 4.98 Å². The Morgan fingerprint density at radius 2 is 2.00 bits per heavy atom. The molecule has 0 unspecified atom stereocenters. The van der Waals surface area contributed by atoms with Crippen LogP contribution in [0.5, 0.6) is 0 Å². The summed E-state index contributed by atoms with van der Waals surface area (Å²) < 4.78 is 5.42. The molecule has 5 nitrogen and oxygen atoms in total. The molecule has 1 aromatic carbocycles. The molecule has 0 aliphatic heterocycles. The number of nitrogen functional groups attached to an aromatic ring is 1. The van der Waals surface area contributed by atoms with Crippen LogP contribution in [0.4, 0.5) is 10.8 Å². The zero-order valence-electron chi connectivity index (χ0n) is 12.3. The van der Waals surface area contributed by atoms with Crippen molar-refractivity contribution in [1.82, 2.24) is 4.98 Å². The van der Waals surface area contributed by atoms with Gasteiger partial charge in [0.25, 0.3) is 5.91 Å². The molecule has 0 radical (unpaired) electrons. The fourth-order valence-electron chi connectivity index (χ4n) is 1.56. The fourth-order valence-corrected chi connectivity index (χ4v) is 2.29. The largest absolute Gasteiger partial charge is 0.399 e. The summed E-state index contributed by atoms with van der Waals surface area (Å²) in [6.45, 7) is 5.73. The number of amides is 1. The van der Waals surface area contributed by atoms with Gasteiger partial charge in [0.2, 0.25) is 0 Å². The molecule has 1 heterocycles. The highest BCUT2D eigenvalue weighted by Gasteiger charge is 2.14. The molecule has 0 aliphatic rings. The van der Waals surface area contributed by atoms with Crippen molar-refractivity contribution >= 4 is 28.1 Å². The second-order valence-electron chi connectivity index (χ2n) is 5.61. The molecular formula is C15H19N3O2S. The standard InChI is InChI=1S/C15H19N3O2S/c1-15(2,3)20-8-13(19)18-14-17-12(9-21-14)10-4-6-11(16)7-5-10/h4-7,9H,8,16H2,1-3H3,(H,17,18,19). The van der Waals surface area contributed by atoms with E-state index in [2.05, 4.69) is 10.3 Å². The van der Waals surface area contributed by atoms with E-state index in [0.717, 1.165) is 11.3 Å². The molecule has 0 spiro atoms. The molecule has 0 saturated heterocycles. The number of carbonyl (C=O) groups is 1. The van der Waals surface area contributed by atoms with E-state index in [-0.39, 0.29) is 18.1 Å². The zero-order valence-corrected chi connectivity index (χ0v) is 13.2. The highest BCUT2D eigenvalue weighted by Crippen LogP contribution is 2.25. The lowest BCUT2D eigenvalue weighted by molar-refractivity contribution is -0.125. The Labute approximate surface area is 128 Å². The summed E-state index contributed by atoms with van der Waals surface area (Å²) in [5.74, 6) is -0.205. The van der Waals surface area contributed by atoms with Gasteiger partial charge in [-0.05, 0) is 32.9 Å². The van der Waals surface area contributed by atoms with Gasteiger partial charge in [0, 0.05) is 16.6 Å². The Kier molecular flexibility index (Phi) is 4.59. The molecule has 2 aromatic rings. The normalized spacial score (nSPS) is 11.4. The van der Waals surface area contributed by atoms with E-state index in [1.165, 1.54) is 11.3 Å². The van der Waals surface area contributed by atoms with Crippen LogP contribution in [-0.4, -0.2) is 23.1 Å². The van der Waals surface area contributed by atoms with Gasteiger partial charge >= 0.3 is 0 Å². The maximum Gasteiger partial charge on any atom is 0.252 e. The van der Waals surface area contributed by atoms with E-state index < -0.39 is 0 Å². The molecule has 1 amide bonds. The van der Waals surface area contributed by atoms with Crippen LogP contribution >= 0.6 is 11.3 Å². The summed E-state index contributed by atoms with van der Waals surface area (Å²) in [5, 5.41) is 5.19. The summed E-state index contributed by atoms with van der Waals surface area (Å²) >= 11 is 1.38. The predicted octanol–water partition coefficient (Wildman–Crippen LogP) is 3.15. The van der Waals surface area contributed by atoms with Crippen LogP contribution in [-0.2, 0) is 9.53 Å². The van der Waals surface area contributed by atoms with Crippen molar-refractivity contribution in [3.8, 4) is 11.3 Å². The first-order chi connectivity index (χ1) is 9.83. The number of thiazole rings is 1. The quantitative estimate of drug-likeness (QED) is 0.851. The monoisotopic (exact) mass is 305 g/mol. The molecule has 21 heavy (non-hydrogen) atoms. The van der Waals surface area contributed by atoms with Gasteiger partial charge in [-0.15, -0.1) is 11.3 Å². The van der Waals surface area contributed by atoms with Crippen LogP contribution in [0.1, 0.15) is 20.8 Å². The molecule has 2 rings (SSSR count). The summed E-state index contributed by atoms with van der Waals surface area (Å²) in [7, 11) is 0. The van der Waals surface area contributed by atoms with Gasteiger partial charge in [-0.1, -0.05) is 12.1 Å². The minimum absolute atomic E-state index is 0.0142. The zero-order chi connectivity index (χ0) is 15.5. The molecular weight excluding hydrogens is 286 g/mol. The maximum atomic E-state index is 11.8. The maximum absolute atomic E-state index is 11.8. The molecule has 0 atom stereocenters. The van der Waals surface area contributed by atoms with Gasteiger partial charge < -0.3 is 10.5 Å². The van der Waals surface area contributed by atoms with E-state index in [1.54, 1.807) is 0 Å². The third-order valence-corrected chi connectivity index (χ3v) is 3.35. The lowest BCUT2D eigenvalue weighted by Gasteiger charge is -2.18. The molecule has 0 aliphatic carbocycles. The van der Waals surface area contributed by atoms with Gasteiger partial charge in [-0.3, -0.25) is 10.1 Å². The van der Waals surface area contributed by atoms with Crippen LogP contribution in [0.3, 0.4) is 0 Å². The minimum atomic E-state index is -0.338. The third-order valence-electron chi connectivity index (χ3n) is 2.59. The topological polar surface area (TPSA) is 77.2 Å². The summed E-state index contributed by atoms with van der Waals surface area (Å²) in [6, 6.07) is 7.45. The van der Waals surface area contributed by atoms with Crippen LogP contribution in [0.25, 0.3) is 11.3 Å². The number of benzene rings is 1. The molecule has 6 heteroatoms. The molecule has 0 saturated carbocycles. The summed E-state index contributed by atoms with van der Waals surface area (Å²) in [5.41, 5.74) is 7.80. The van der Waals surface area contributed by atoms with E-state index in [9.17, 15) is 4.79 Å². The predicted molar refractivity (Wildman–Crippen MR) is 86.3 cm³/mol. The van der Waals surface area contributed by atoms with Crippen molar-refractivity contribution < 1.29 is 9.53 Å². The van der Waals surface area contributed by atoms with Crippen molar-refractivity contribution in [3.05, 3.63) is 29.6 Å². The number of nitrogens with one attached hydrogen (secondary N) is 1. The molecule has 0 fully saturated rings. The third kappa shape index (κ3) is 4.84. The molecule has 3 N–H and O–H groups in total. The van der Waals surface area contributed by atoms with Gasteiger partial charge in [0.1, 0.15) is 6.61 Å². The smallest absolute Gasteiger partial charge is 0.252 e. The van der Waals surface area contributed by atoms with Crippen molar-refractivity contribution in [1.29, 1.82) is 0 Å². The number of rotatable bonds is 4. The van der Waals surface area contributed by atoms with Crippen LogP contribution in [0.15, 0.2) is 29.6 Å². The number of hydrogen-bond donors (Lipinski definition) is 2. The molecule has 1 aromatic heterocycles. The first kappa shape index (κ1) is 15.5. The summed E-state index contributed by atoms with van der Waals surface area (Å²) in [6.07, 6.45) is 0. The Morgan fingerprint density at radius 1 is 1.33 bits per heavy atom. The summed E-state index contributed by atoms with van der Waals surface area (Å²) in [4.78, 5) is 16.1.